The van der Waals surface area contributed by atoms with Crippen LogP contribution in [0.5, 0.6) is 0 Å². The average Bonchev–Trinajstić information content (AvgIpc) is 2.62. The Bertz CT molecular complexity index is 781. The molecule has 25 heavy (non-hydrogen) atoms. The summed E-state index contributed by atoms with van der Waals surface area (Å²) in [4.78, 5) is 24.6. The summed E-state index contributed by atoms with van der Waals surface area (Å²) >= 11 is 12.0. The molecule has 0 saturated heterocycles. The number of rotatable bonds is 6. The molecule has 1 unspecified atom stereocenters. The molecular formula is C18H18Cl2N2O3. The van der Waals surface area contributed by atoms with Gasteiger partial charge in [0.15, 0.2) is 0 Å². The first-order valence-corrected chi connectivity index (χ1v) is 8.30. The third-order valence-electron chi connectivity index (χ3n) is 3.62. The molecule has 7 heteroatoms. The number of carbonyl (C=O) groups is 2. The summed E-state index contributed by atoms with van der Waals surface area (Å²) in [7, 11) is 3.08. The number of esters is 1. The van der Waals surface area contributed by atoms with Crippen molar-refractivity contribution in [3.63, 3.8) is 0 Å². The summed E-state index contributed by atoms with van der Waals surface area (Å²) in [5, 5.41) is 6.32. The number of carbonyl (C=O) groups excluding carboxylic acids is 2. The standard InChI is InChI=1S/C18H18Cl2N2O3/c1-21-13-5-3-4-11(8-13)9-16(18(24)25-2)22-17(23)14-10-12(19)6-7-15(14)20/h3-8,10,16,21H,9H2,1-2H3,(H,22,23). The van der Waals surface area contributed by atoms with E-state index in [1.54, 1.807) is 13.1 Å². The number of ether oxygens (including phenoxy) is 1. The zero-order valence-electron chi connectivity index (χ0n) is 13.8. The van der Waals surface area contributed by atoms with Gasteiger partial charge in [-0.2, -0.15) is 0 Å². The van der Waals surface area contributed by atoms with Gasteiger partial charge in [-0.15, -0.1) is 0 Å². The van der Waals surface area contributed by atoms with E-state index in [-0.39, 0.29) is 17.0 Å². The second kappa shape index (κ2) is 8.74. The molecule has 0 heterocycles. The number of hydrogen-bond acceptors (Lipinski definition) is 4. The molecule has 0 fully saturated rings. The van der Waals surface area contributed by atoms with Gasteiger partial charge in [-0.25, -0.2) is 4.79 Å². The minimum atomic E-state index is -0.848. The SMILES string of the molecule is CNc1cccc(CC(NC(=O)c2cc(Cl)ccc2Cl)C(=O)OC)c1. The molecule has 0 aliphatic heterocycles. The van der Waals surface area contributed by atoms with Crippen LogP contribution in [0.25, 0.3) is 0 Å². The van der Waals surface area contributed by atoms with Crippen LogP contribution in [0.2, 0.25) is 10.0 Å². The second-order valence-corrected chi connectivity index (χ2v) is 6.17. The maximum atomic E-state index is 12.5. The van der Waals surface area contributed by atoms with Crippen molar-refractivity contribution in [2.45, 2.75) is 12.5 Å². The molecule has 2 rings (SSSR count). The Morgan fingerprint density at radius 3 is 2.60 bits per heavy atom. The van der Waals surface area contributed by atoms with Gasteiger partial charge in [0, 0.05) is 24.2 Å². The van der Waals surface area contributed by atoms with E-state index in [1.165, 1.54) is 19.2 Å². The van der Waals surface area contributed by atoms with Crippen LogP contribution in [0.1, 0.15) is 15.9 Å². The first-order valence-electron chi connectivity index (χ1n) is 7.55. The number of methoxy groups -OCH3 is 1. The predicted octanol–water partition coefficient (Wildman–Crippen LogP) is 3.55. The number of benzene rings is 2. The Morgan fingerprint density at radius 2 is 1.92 bits per heavy atom. The Morgan fingerprint density at radius 1 is 1.16 bits per heavy atom. The lowest BCUT2D eigenvalue weighted by atomic mass is 10.0. The summed E-state index contributed by atoms with van der Waals surface area (Å²) in [6.07, 6.45) is 0.284. The van der Waals surface area contributed by atoms with Crippen molar-refractivity contribution >= 4 is 40.8 Å². The van der Waals surface area contributed by atoms with Gasteiger partial charge in [0.1, 0.15) is 6.04 Å². The first-order chi connectivity index (χ1) is 11.9. The second-order valence-electron chi connectivity index (χ2n) is 5.33. The summed E-state index contributed by atoms with van der Waals surface area (Å²) in [5.74, 6) is -1.03. The highest BCUT2D eigenvalue weighted by Gasteiger charge is 2.24. The molecule has 0 spiro atoms. The quantitative estimate of drug-likeness (QED) is 0.751. The zero-order valence-corrected chi connectivity index (χ0v) is 15.3. The van der Waals surface area contributed by atoms with Crippen molar-refractivity contribution in [3.05, 3.63) is 63.6 Å². The average molecular weight is 381 g/mol. The molecule has 0 aliphatic carbocycles. The van der Waals surface area contributed by atoms with Gasteiger partial charge in [0.25, 0.3) is 5.91 Å². The normalized spacial score (nSPS) is 11.5. The van der Waals surface area contributed by atoms with E-state index in [0.29, 0.717) is 5.02 Å². The lowest BCUT2D eigenvalue weighted by Gasteiger charge is -2.17. The molecule has 132 valence electrons. The Kier molecular flexibility index (Phi) is 6.67. The van der Waals surface area contributed by atoms with E-state index >= 15 is 0 Å². The van der Waals surface area contributed by atoms with Gasteiger partial charge in [0.2, 0.25) is 0 Å². The van der Waals surface area contributed by atoms with Crippen molar-refractivity contribution in [1.82, 2.24) is 5.32 Å². The van der Waals surface area contributed by atoms with Crippen LogP contribution in [-0.4, -0.2) is 32.1 Å². The lowest BCUT2D eigenvalue weighted by molar-refractivity contribution is -0.142. The van der Waals surface area contributed by atoms with Gasteiger partial charge in [-0.05, 0) is 35.9 Å². The molecule has 1 amide bonds. The molecule has 0 aliphatic rings. The van der Waals surface area contributed by atoms with Crippen LogP contribution >= 0.6 is 23.2 Å². The maximum absolute atomic E-state index is 12.5. The van der Waals surface area contributed by atoms with Crippen molar-refractivity contribution in [2.24, 2.45) is 0 Å². The molecule has 2 aromatic rings. The molecule has 5 nitrogen and oxygen atoms in total. The van der Waals surface area contributed by atoms with E-state index in [9.17, 15) is 9.59 Å². The van der Waals surface area contributed by atoms with Crippen LogP contribution in [0.15, 0.2) is 42.5 Å². The summed E-state index contributed by atoms with van der Waals surface area (Å²) in [6.45, 7) is 0. The van der Waals surface area contributed by atoms with E-state index < -0.39 is 17.9 Å². The largest absolute Gasteiger partial charge is 0.467 e. The molecule has 0 aromatic heterocycles. The number of hydrogen-bond donors (Lipinski definition) is 2. The van der Waals surface area contributed by atoms with Crippen molar-refractivity contribution in [3.8, 4) is 0 Å². The predicted molar refractivity (Wildman–Crippen MR) is 99.4 cm³/mol. The van der Waals surface area contributed by atoms with Gasteiger partial charge in [-0.3, -0.25) is 4.79 Å². The van der Waals surface area contributed by atoms with Crippen LogP contribution in [0, 0.1) is 0 Å². The number of amides is 1. The highest BCUT2D eigenvalue weighted by atomic mass is 35.5. The topological polar surface area (TPSA) is 67.4 Å². The molecule has 0 bridgehead atoms. The van der Waals surface area contributed by atoms with Gasteiger partial charge in [0.05, 0.1) is 17.7 Å². The molecule has 2 aromatic carbocycles. The number of halogens is 2. The Balaban J connectivity index is 2.21. The van der Waals surface area contributed by atoms with E-state index in [1.807, 2.05) is 24.3 Å². The number of nitrogens with one attached hydrogen (secondary N) is 2. The molecular weight excluding hydrogens is 363 g/mol. The van der Waals surface area contributed by atoms with Crippen molar-refractivity contribution in [1.29, 1.82) is 0 Å². The minimum absolute atomic E-state index is 0.201. The van der Waals surface area contributed by atoms with E-state index in [2.05, 4.69) is 10.6 Å². The summed E-state index contributed by atoms with van der Waals surface area (Å²) in [6, 6.07) is 11.3. The maximum Gasteiger partial charge on any atom is 0.328 e. The van der Waals surface area contributed by atoms with Crippen LogP contribution in [0.3, 0.4) is 0 Å². The third kappa shape index (κ3) is 5.11. The minimum Gasteiger partial charge on any atom is -0.467 e. The van der Waals surface area contributed by atoms with E-state index in [4.69, 9.17) is 27.9 Å². The zero-order chi connectivity index (χ0) is 18.4. The molecule has 0 saturated carbocycles. The fourth-order valence-corrected chi connectivity index (χ4v) is 2.71. The summed E-state index contributed by atoms with van der Waals surface area (Å²) < 4.78 is 4.80. The van der Waals surface area contributed by atoms with Crippen LogP contribution in [-0.2, 0) is 16.0 Å². The highest BCUT2D eigenvalue weighted by Crippen LogP contribution is 2.21. The smallest absolute Gasteiger partial charge is 0.328 e. The van der Waals surface area contributed by atoms with Crippen molar-refractivity contribution < 1.29 is 14.3 Å². The third-order valence-corrected chi connectivity index (χ3v) is 4.18. The van der Waals surface area contributed by atoms with Gasteiger partial charge >= 0.3 is 5.97 Å². The van der Waals surface area contributed by atoms with Crippen LogP contribution < -0.4 is 10.6 Å². The molecule has 1 atom stereocenters. The van der Waals surface area contributed by atoms with Gasteiger partial charge < -0.3 is 15.4 Å². The Labute approximate surface area is 156 Å². The molecule has 0 radical (unpaired) electrons. The first kappa shape index (κ1) is 19.1. The van der Waals surface area contributed by atoms with E-state index in [0.717, 1.165) is 11.3 Å². The fraction of sp³-hybridized carbons (Fsp3) is 0.222. The van der Waals surface area contributed by atoms with Crippen molar-refractivity contribution in [2.75, 3.05) is 19.5 Å². The summed E-state index contributed by atoms with van der Waals surface area (Å²) in [5.41, 5.74) is 1.98. The Hall–Kier alpha value is -2.24. The fourth-order valence-electron chi connectivity index (χ4n) is 2.33. The molecule has 2 N–H and O–H groups in total. The highest BCUT2D eigenvalue weighted by molar-refractivity contribution is 6.35. The van der Waals surface area contributed by atoms with Gasteiger partial charge in [-0.1, -0.05) is 35.3 Å². The monoisotopic (exact) mass is 380 g/mol. The van der Waals surface area contributed by atoms with Crippen LogP contribution in [0.4, 0.5) is 5.69 Å². The lowest BCUT2D eigenvalue weighted by Crippen LogP contribution is -2.43. The number of anilines is 1.